The first-order chi connectivity index (χ1) is 17.1. The fourth-order valence-electron chi connectivity index (χ4n) is 4.96. The maximum atomic E-state index is 13.5. The summed E-state index contributed by atoms with van der Waals surface area (Å²) >= 11 is 0. The lowest BCUT2D eigenvalue weighted by atomic mass is 9.71. The lowest BCUT2D eigenvalue weighted by molar-refractivity contribution is -0.119. The lowest BCUT2D eigenvalue weighted by Crippen LogP contribution is -2.50. The molecule has 8 heteroatoms. The smallest absolute Gasteiger partial charge is 0.270 e. The first-order valence-electron chi connectivity index (χ1n) is 12.4. The third-order valence-electron chi connectivity index (χ3n) is 7.56. The molecule has 190 valence electrons. The lowest BCUT2D eigenvalue weighted by Gasteiger charge is -2.37. The molecule has 2 heterocycles. The quantitative estimate of drug-likeness (QED) is 0.546. The van der Waals surface area contributed by atoms with Crippen LogP contribution in [0.1, 0.15) is 55.7 Å². The van der Waals surface area contributed by atoms with Gasteiger partial charge in [0.15, 0.2) is 0 Å². The number of rotatable bonds is 6. The van der Waals surface area contributed by atoms with Gasteiger partial charge >= 0.3 is 0 Å². The number of nitrogens with zero attached hydrogens (tertiary/aromatic N) is 3. The number of carbonyl (C=O) groups is 2. The molecule has 4 rings (SSSR count). The Kier molecular flexibility index (Phi) is 7.15. The SMILES string of the molecule is Cc1c(-c2ccc(NC(=O)[C@@H](NC(=O)c3ccnn3C)C3CCC(C)(C)CC3)cc2)ccc(=O)n1C. The van der Waals surface area contributed by atoms with Gasteiger partial charge in [0.25, 0.3) is 5.91 Å². The van der Waals surface area contributed by atoms with Crippen molar-refractivity contribution < 1.29 is 9.59 Å². The average molecular weight is 490 g/mol. The van der Waals surface area contributed by atoms with Crippen molar-refractivity contribution in [1.29, 1.82) is 0 Å². The zero-order valence-corrected chi connectivity index (χ0v) is 21.7. The van der Waals surface area contributed by atoms with Gasteiger partial charge in [-0.25, -0.2) is 0 Å². The molecule has 2 N–H and O–H groups in total. The van der Waals surface area contributed by atoms with Gasteiger partial charge in [-0.15, -0.1) is 0 Å². The summed E-state index contributed by atoms with van der Waals surface area (Å²) in [6.07, 6.45) is 5.34. The van der Waals surface area contributed by atoms with Crippen molar-refractivity contribution in [2.24, 2.45) is 25.4 Å². The minimum Gasteiger partial charge on any atom is -0.339 e. The Labute approximate surface area is 211 Å². The van der Waals surface area contributed by atoms with E-state index in [4.69, 9.17) is 0 Å². The van der Waals surface area contributed by atoms with Crippen LogP contribution in [0.4, 0.5) is 5.69 Å². The summed E-state index contributed by atoms with van der Waals surface area (Å²) in [6.45, 7) is 6.41. The van der Waals surface area contributed by atoms with Crippen molar-refractivity contribution in [3.05, 3.63) is 70.4 Å². The number of amides is 2. The highest BCUT2D eigenvalue weighted by Crippen LogP contribution is 2.39. The molecule has 0 bridgehead atoms. The number of aryl methyl sites for hydroxylation is 1. The van der Waals surface area contributed by atoms with Crippen LogP contribution in [0.3, 0.4) is 0 Å². The monoisotopic (exact) mass is 489 g/mol. The molecule has 8 nitrogen and oxygen atoms in total. The van der Waals surface area contributed by atoms with E-state index in [9.17, 15) is 14.4 Å². The van der Waals surface area contributed by atoms with E-state index in [1.807, 2.05) is 37.3 Å². The van der Waals surface area contributed by atoms with Gasteiger partial charge in [-0.2, -0.15) is 5.10 Å². The minimum absolute atomic E-state index is 0.0505. The normalized spacial score (nSPS) is 16.4. The predicted octanol–water partition coefficient (Wildman–Crippen LogP) is 4.05. The van der Waals surface area contributed by atoms with Gasteiger partial charge in [0.1, 0.15) is 11.7 Å². The van der Waals surface area contributed by atoms with Crippen molar-refractivity contribution in [1.82, 2.24) is 19.7 Å². The van der Waals surface area contributed by atoms with Gasteiger partial charge in [-0.05, 0) is 73.8 Å². The van der Waals surface area contributed by atoms with Crippen LogP contribution in [0.5, 0.6) is 0 Å². The molecule has 1 aliphatic carbocycles. The highest BCUT2D eigenvalue weighted by molar-refractivity contribution is 6.00. The molecule has 0 spiro atoms. The van der Waals surface area contributed by atoms with Crippen LogP contribution in [0, 0.1) is 18.3 Å². The standard InChI is InChI=1S/C28H35N5O3/c1-18-22(10-11-24(34)32(18)4)19-6-8-21(9-7-19)30-27(36)25(20-12-15-28(2,3)16-13-20)31-26(35)23-14-17-29-33(23)5/h6-11,14,17,20,25H,12-13,15-16H2,1-5H3,(H,30,36)(H,31,35)/t25-/m0/s1. The summed E-state index contributed by atoms with van der Waals surface area (Å²) in [4.78, 5) is 38.3. The second-order valence-corrected chi connectivity index (χ2v) is 10.6. The maximum absolute atomic E-state index is 13.5. The van der Waals surface area contributed by atoms with E-state index in [0.29, 0.717) is 11.4 Å². The third kappa shape index (κ3) is 5.42. The fraction of sp³-hybridized carbons (Fsp3) is 0.429. The zero-order valence-electron chi connectivity index (χ0n) is 21.7. The average Bonchev–Trinajstić information content (AvgIpc) is 3.28. The summed E-state index contributed by atoms with van der Waals surface area (Å²) in [5, 5.41) is 10.1. The van der Waals surface area contributed by atoms with E-state index in [0.717, 1.165) is 42.5 Å². The Hall–Kier alpha value is -3.68. The van der Waals surface area contributed by atoms with Gasteiger partial charge in [-0.1, -0.05) is 26.0 Å². The highest BCUT2D eigenvalue weighted by Gasteiger charge is 2.36. The van der Waals surface area contributed by atoms with Crippen LogP contribution in [0.2, 0.25) is 0 Å². The molecule has 1 aromatic carbocycles. The second kappa shape index (κ2) is 10.1. The third-order valence-corrected chi connectivity index (χ3v) is 7.56. The van der Waals surface area contributed by atoms with Crippen LogP contribution in [-0.4, -0.2) is 32.2 Å². The largest absolute Gasteiger partial charge is 0.339 e. The number of benzene rings is 1. The fourth-order valence-corrected chi connectivity index (χ4v) is 4.96. The second-order valence-electron chi connectivity index (χ2n) is 10.6. The summed E-state index contributed by atoms with van der Waals surface area (Å²) in [5.74, 6) is -0.468. The van der Waals surface area contributed by atoms with Crippen LogP contribution >= 0.6 is 0 Å². The first-order valence-corrected chi connectivity index (χ1v) is 12.4. The van der Waals surface area contributed by atoms with Crippen LogP contribution in [-0.2, 0) is 18.9 Å². The Bertz CT molecular complexity index is 1310. The molecule has 0 unspecified atom stereocenters. The zero-order chi connectivity index (χ0) is 26.0. The number of hydrogen-bond acceptors (Lipinski definition) is 4. The van der Waals surface area contributed by atoms with E-state index in [2.05, 4.69) is 29.6 Å². The number of hydrogen-bond donors (Lipinski definition) is 2. The number of aromatic nitrogens is 3. The molecule has 36 heavy (non-hydrogen) atoms. The Morgan fingerprint density at radius 3 is 2.31 bits per heavy atom. The van der Waals surface area contributed by atoms with Gasteiger partial charge < -0.3 is 15.2 Å². The summed E-state index contributed by atoms with van der Waals surface area (Å²) < 4.78 is 3.13. The topological polar surface area (TPSA) is 98.0 Å². The van der Waals surface area contributed by atoms with E-state index in [-0.39, 0.29) is 28.7 Å². The van der Waals surface area contributed by atoms with E-state index >= 15 is 0 Å². The van der Waals surface area contributed by atoms with E-state index in [1.165, 1.54) is 4.68 Å². The molecular formula is C28H35N5O3. The Balaban J connectivity index is 1.53. The first kappa shape index (κ1) is 25.4. The molecule has 0 radical (unpaired) electrons. The molecular weight excluding hydrogens is 454 g/mol. The van der Waals surface area contributed by atoms with Crippen LogP contribution in [0.25, 0.3) is 11.1 Å². The molecule has 0 aliphatic heterocycles. The molecule has 1 saturated carbocycles. The highest BCUT2D eigenvalue weighted by atomic mass is 16.2. The number of nitrogens with one attached hydrogen (secondary N) is 2. The van der Waals surface area contributed by atoms with Crippen LogP contribution in [0.15, 0.2) is 53.5 Å². The van der Waals surface area contributed by atoms with Crippen molar-refractivity contribution in [3.8, 4) is 11.1 Å². The maximum Gasteiger partial charge on any atom is 0.270 e. The van der Waals surface area contributed by atoms with E-state index in [1.54, 1.807) is 37.0 Å². The number of anilines is 1. The van der Waals surface area contributed by atoms with Gasteiger partial charge in [-0.3, -0.25) is 19.1 Å². The Morgan fingerprint density at radius 2 is 1.69 bits per heavy atom. The number of pyridine rings is 1. The Morgan fingerprint density at radius 1 is 1.03 bits per heavy atom. The van der Waals surface area contributed by atoms with Gasteiger partial charge in [0.05, 0.1) is 0 Å². The summed E-state index contributed by atoms with van der Waals surface area (Å²) in [7, 11) is 3.46. The molecule has 0 saturated heterocycles. The molecule has 1 atom stereocenters. The van der Waals surface area contributed by atoms with Crippen molar-refractivity contribution in [2.75, 3.05) is 5.32 Å². The molecule has 2 aromatic heterocycles. The molecule has 2 amide bonds. The summed E-state index contributed by atoms with van der Waals surface area (Å²) in [6, 6.07) is 11.9. The molecule has 3 aromatic rings. The van der Waals surface area contributed by atoms with Gasteiger partial charge in [0, 0.05) is 43.3 Å². The van der Waals surface area contributed by atoms with Crippen molar-refractivity contribution >= 4 is 17.5 Å². The van der Waals surface area contributed by atoms with Crippen molar-refractivity contribution in [3.63, 3.8) is 0 Å². The molecule has 1 aliphatic rings. The predicted molar refractivity (Wildman–Crippen MR) is 141 cm³/mol. The molecule has 1 fully saturated rings. The van der Waals surface area contributed by atoms with Gasteiger partial charge in [0.2, 0.25) is 11.5 Å². The summed E-state index contributed by atoms with van der Waals surface area (Å²) in [5.41, 5.74) is 4.06. The van der Waals surface area contributed by atoms with Crippen molar-refractivity contribution in [2.45, 2.75) is 52.5 Å². The van der Waals surface area contributed by atoms with Crippen LogP contribution < -0.4 is 16.2 Å². The minimum atomic E-state index is -0.644. The number of carbonyl (C=O) groups excluding carboxylic acids is 2. The van der Waals surface area contributed by atoms with E-state index < -0.39 is 6.04 Å².